The molecule has 0 unspecified atom stereocenters. The topological polar surface area (TPSA) is 92.5 Å². The molecule has 8 heteroatoms. The highest BCUT2D eigenvalue weighted by atomic mass is 32.1. The standard InChI is InChI=1S/C20H17N5O2S/c1-2-27-15-6-4-3-5-14(15)18-17(26)16-19(28-18)20(23-12-22-16)25-24-11-13-7-9-21-10-8-13/h3-12,26H,2H2,1H3,(H,22,23,25). The molecule has 0 saturated heterocycles. The summed E-state index contributed by atoms with van der Waals surface area (Å²) in [6, 6.07) is 11.3. The number of nitrogens with one attached hydrogen (secondary N) is 1. The van der Waals surface area contributed by atoms with E-state index in [2.05, 4.69) is 25.5 Å². The maximum atomic E-state index is 10.8. The van der Waals surface area contributed by atoms with Crippen molar-refractivity contribution in [2.24, 2.45) is 5.10 Å². The number of hydrogen-bond acceptors (Lipinski definition) is 8. The van der Waals surface area contributed by atoms with Crippen molar-refractivity contribution in [1.29, 1.82) is 0 Å². The van der Waals surface area contributed by atoms with Gasteiger partial charge >= 0.3 is 0 Å². The lowest BCUT2D eigenvalue weighted by Crippen LogP contribution is -1.94. The predicted octanol–water partition coefficient (Wildman–Crippen LogP) is 4.30. The van der Waals surface area contributed by atoms with Crippen LogP contribution in [0, 0.1) is 0 Å². The number of aromatic hydroxyl groups is 1. The van der Waals surface area contributed by atoms with Gasteiger partial charge in [-0.1, -0.05) is 12.1 Å². The van der Waals surface area contributed by atoms with Gasteiger partial charge in [-0.15, -0.1) is 11.3 Å². The first-order valence-electron chi connectivity index (χ1n) is 8.65. The highest BCUT2D eigenvalue weighted by Gasteiger charge is 2.19. The van der Waals surface area contributed by atoms with Crippen molar-refractivity contribution in [3.63, 3.8) is 0 Å². The summed E-state index contributed by atoms with van der Waals surface area (Å²) >= 11 is 1.39. The van der Waals surface area contributed by atoms with Crippen molar-refractivity contribution >= 4 is 33.6 Å². The van der Waals surface area contributed by atoms with Crippen molar-refractivity contribution in [3.8, 4) is 21.9 Å². The molecule has 7 nitrogen and oxygen atoms in total. The summed E-state index contributed by atoms with van der Waals surface area (Å²) in [5.74, 6) is 1.34. The van der Waals surface area contributed by atoms with Crippen LogP contribution in [0.1, 0.15) is 12.5 Å². The molecule has 0 fully saturated rings. The maximum Gasteiger partial charge on any atom is 0.167 e. The molecule has 140 valence electrons. The summed E-state index contributed by atoms with van der Waals surface area (Å²) in [6.45, 7) is 2.47. The molecular formula is C20H17N5O2S. The molecule has 0 aliphatic carbocycles. The largest absolute Gasteiger partial charge is 0.504 e. The smallest absolute Gasteiger partial charge is 0.167 e. The molecule has 1 aromatic carbocycles. The minimum Gasteiger partial charge on any atom is -0.504 e. The molecule has 28 heavy (non-hydrogen) atoms. The second kappa shape index (κ2) is 8.01. The zero-order valence-corrected chi connectivity index (χ0v) is 15.8. The first kappa shape index (κ1) is 17.9. The number of hydrogen-bond donors (Lipinski definition) is 2. The Kier molecular flexibility index (Phi) is 5.11. The van der Waals surface area contributed by atoms with Gasteiger partial charge in [-0.3, -0.25) is 10.4 Å². The third kappa shape index (κ3) is 3.49. The van der Waals surface area contributed by atoms with Crippen LogP contribution in [0.2, 0.25) is 0 Å². The van der Waals surface area contributed by atoms with Crippen molar-refractivity contribution < 1.29 is 9.84 Å². The lowest BCUT2D eigenvalue weighted by atomic mass is 10.1. The van der Waals surface area contributed by atoms with Gasteiger partial charge in [0.15, 0.2) is 11.6 Å². The molecule has 0 amide bonds. The van der Waals surface area contributed by atoms with Crippen LogP contribution in [0.3, 0.4) is 0 Å². The van der Waals surface area contributed by atoms with E-state index in [0.29, 0.717) is 33.3 Å². The van der Waals surface area contributed by atoms with Crippen molar-refractivity contribution in [2.45, 2.75) is 6.92 Å². The Morgan fingerprint density at radius 3 is 2.82 bits per heavy atom. The van der Waals surface area contributed by atoms with Crippen molar-refractivity contribution in [1.82, 2.24) is 15.0 Å². The average Bonchev–Trinajstić information content (AvgIpc) is 3.07. The molecule has 2 N–H and O–H groups in total. The maximum absolute atomic E-state index is 10.8. The number of ether oxygens (including phenoxy) is 1. The average molecular weight is 391 g/mol. The Labute approximate surface area is 165 Å². The molecule has 0 radical (unpaired) electrons. The minimum atomic E-state index is 0.107. The molecule has 0 saturated carbocycles. The van der Waals surface area contributed by atoms with Gasteiger partial charge < -0.3 is 9.84 Å². The van der Waals surface area contributed by atoms with E-state index in [1.807, 2.05) is 43.3 Å². The van der Waals surface area contributed by atoms with Crippen molar-refractivity contribution in [3.05, 3.63) is 60.7 Å². The fourth-order valence-electron chi connectivity index (χ4n) is 2.71. The Bertz CT molecular complexity index is 1130. The summed E-state index contributed by atoms with van der Waals surface area (Å²) in [5, 5.41) is 15.0. The number of para-hydroxylation sites is 1. The predicted molar refractivity (Wildman–Crippen MR) is 111 cm³/mol. The highest BCUT2D eigenvalue weighted by molar-refractivity contribution is 7.23. The third-order valence-electron chi connectivity index (χ3n) is 3.97. The number of hydrazone groups is 1. The molecule has 0 atom stereocenters. The molecule has 0 spiro atoms. The van der Waals surface area contributed by atoms with E-state index in [4.69, 9.17) is 4.74 Å². The van der Waals surface area contributed by atoms with Gasteiger partial charge in [0.1, 0.15) is 22.3 Å². The zero-order valence-electron chi connectivity index (χ0n) is 15.0. The van der Waals surface area contributed by atoms with Crippen LogP contribution in [0.15, 0.2) is 60.2 Å². The van der Waals surface area contributed by atoms with E-state index < -0.39 is 0 Å². The van der Waals surface area contributed by atoms with Crippen LogP contribution < -0.4 is 10.2 Å². The van der Waals surface area contributed by atoms with E-state index in [0.717, 1.165) is 11.1 Å². The third-order valence-corrected chi connectivity index (χ3v) is 5.18. The summed E-state index contributed by atoms with van der Waals surface area (Å²) in [6.07, 6.45) is 6.47. The number of fused-ring (bicyclic) bond motifs is 1. The van der Waals surface area contributed by atoms with Crippen molar-refractivity contribution in [2.75, 3.05) is 12.0 Å². The molecule has 3 aromatic heterocycles. The van der Waals surface area contributed by atoms with Gasteiger partial charge in [-0.25, -0.2) is 9.97 Å². The van der Waals surface area contributed by atoms with Gasteiger partial charge in [-0.2, -0.15) is 5.10 Å². The quantitative estimate of drug-likeness (QED) is 0.376. The monoisotopic (exact) mass is 391 g/mol. The van der Waals surface area contributed by atoms with Gasteiger partial charge in [-0.05, 0) is 36.8 Å². The number of thiophene rings is 1. The molecule has 0 bridgehead atoms. The summed E-state index contributed by atoms with van der Waals surface area (Å²) in [5.41, 5.74) is 5.13. The van der Waals surface area contributed by atoms with E-state index in [-0.39, 0.29) is 5.75 Å². The second-order valence-corrected chi connectivity index (χ2v) is 6.78. The number of nitrogens with zero attached hydrogens (tertiary/aromatic N) is 4. The fourth-order valence-corrected chi connectivity index (χ4v) is 3.83. The second-order valence-electron chi connectivity index (χ2n) is 5.76. The molecular weight excluding hydrogens is 374 g/mol. The van der Waals surface area contributed by atoms with E-state index in [1.54, 1.807) is 18.6 Å². The van der Waals surface area contributed by atoms with Crippen LogP contribution in [-0.2, 0) is 0 Å². The van der Waals surface area contributed by atoms with Gasteiger partial charge in [0.25, 0.3) is 0 Å². The highest BCUT2D eigenvalue weighted by Crippen LogP contribution is 2.47. The summed E-state index contributed by atoms with van der Waals surface area (Å²) < 4.78 is 6.42. The number of benzene rings is 1. The van der Waals surface area contributed by atoms with E-state index in [1.165, 1.54) is 17.7 Å². The Hall–Kier alpha value is -3.52. The molecule has 0 aliphatic heterocycles. The van der Waals surface area contributed by atoms with Crippen LogP contribution >= 0.6 is 11.3 Å². The van der Waals surface area contributed by atoms with Gasteiger partial charge in [0, 0.05) is 18.0 Å². The van der Waals surface area contributed by atoms with Crippen LogP contribution in [0.5, 0.6) is 11.5 Å². The normalized spacial score (nSPS) is 11.2. The van der Waals surface area contributed by atoms with Gasteiger partial charge in [0.05, 0.1) is 17.7 Å². The van der Waals surface area contributed by atoms with Gasteiger partial charge in [0.2, 0.25) is 0 Å². The summed E-state index contributed by atoms with van der Waals surface area (Å²) in [7, 11) is 0. The molecule has 4 rings (SSSR count). The Balaban J connectivity index is 1.72. The lowest BCUT2D eigenvalue weighted by molar-refractivity contribution is 0.341. The number of rotatable bonds is 6. The Morgan fingerprint density at radius 1 is 1.18 bits per heavy atom. The first-order chi connectivity index (χ1) is 13.8. The summed E-state index contributed by atoms with van der Waals surface area (Å²) in [4.78, 5) is 13.2. The van der Waals surface area contributed by atoms with E-state index in [9.17, 15) is 5.11 Å². The first-order valence-corrected chi connectivity index (χ1v) is 9.47. The number of aromatic nitrogens is 3. The lowest BCUT2D eigenvalue weighted by Gasteiger charge is -2.08. The zero-order chi connectivity index (χ0) is 19.3. The number of pyridine rings is 1. The fraction of sp³-hybridized carbons (Fsp3) is 0.100. The number of anilines is 1. The van der Waals surface area contributed by atoms with E-state index >= 15 is 0 Å². The Morgan fingerprint density at radius 2 is 2.00 bits per heavy atom. The molecule has 3 heterocycles. The van der Waals surface area contributed by atoms with Crippen LogP contribution in [0.25, 0.3) is 20.7 Å². The SMILES string of the molecule is CCOc1ccccc1-c1sc2c(NN=Cc3ccncc3)ncnc2c1O. The minimum absolute atomic E-state index is 0.107. The van der Waals surface area contributed by atoms with Crippen LogP contribution in [0.4, 0.5) is 5.82 Å². The molecule has 0 aliphatic rings. The molecule has 4 aromatic rings. The van der Waals surface area contributed by atoms with Crippen LogP contribution in [-0.4, -0.2) is 32.9 Å².